The lowest BCUT2D eigenvalue weighted by Gasteiger charge is -2.12. The van der Waals surface area contributed by atoms with Gasteiger partial charge in [-0.3, -0.25) is 14.5 Å². The maximum absolute atomic E-state index is 6.37. The van der Waals surface area contributed by atoms with Crippen LogP contribution in [0.5, 0.6) is 5.75 Å². The van der Waals surface area contributed by atoms with Gasteiger partial charge in [-0.1, -0.05) is 29.4 Å². The highest BCUT2D eigenvalue weighted by Gasteiger charge is 2.17. The van der Waals surface area contributed by atoms with Crippen molar-refractivity contribution in [1.29, 1.82) is 0 Å². The average Bonchev–Trinajstić information content (AvgIpc) is 3.29. The molecule has 0 N–H and O–H groups in total. The zero-order valence-corrected chi connectivity index (χ0v) is 19.4. The van der Waals surface area contributed by atoms with Crippen molar-refractivity contribution in [3.63, 3.8) is 0 Å². The number of rotatable bonds is 7. The van der Waals surface area contributed by atoms with Gasteiger partial charge < -0.3 is 4.74 Å². The predicted octanol–water partition coefficient (Wildman–Crippen LogP) is 6.22. The molecule has 8 heteroatoms. The van der Waals surface area contributed by atoms with E-state index in [4.69, 9.17) is 16.3 Å². The summed E-state index contributed by atoms with van der Waals surface area (Å²) in [5.41, 5.74) is 3.89. The number of benzene rings is 2. The molecule has 5 aromatic rings. The Morgan fingerprint density at radius 1 is 0.939 bits per heavy atom. The Balaban J connectivity index is 1.53. The summed E-state index contributed by atoms with van der Waals surface area (Å²) in [5.74, 6) is 2.26. The quantitative estimate of drug-likeness (QED) is 0.261. The molecule has 0 fully saturated rings. The number of thioether (sulfide) groups is 1. The highest BCUT2D eigenvalue weighted by Crippen LogP contribution is 2.33. The normalized spacial score (nSPS) is 11.1. The monoisotopic (exact) mass is 473 g/mol. The second-order valence-electron chi connectivity index (χ2n) is 7.20. The minimum Gasteiger partial charge on any atom is -0.494 e. The number of hydrogen-bond acceptors (Lipinski definition) is 6. The van der Waals surface area contributed by atoms with Crippen LogP contribution >= 0.6 is 23.4 Å². The lowest BCUT2D eigenvalue weighted by Crippen LogP contribution is -2.00. The summed E-state index contributed by atoms with van der Waals surface area (Å²) in [6.45, 7) is 2.59. The van der Waals surface area contributed by atoms with Gasteiger partial charge in [0.05, 0.1) is 12.1 Å². The zero-order chi connectivity index (χ0) is 22.6. The van der Waals surface area contributed by atoms with Crippen LogP contribution in [0.25, 0.3) is 28.0 Å². The van der Waals surface area contributed by atoms with E-state index in [1.54, 1.807) is 30.4 Å². The van der Waals surface area contributed by atoms with Gasteiger partial charge in [-0.2, -0.15) is 0 Å². The molecule has 0 aliphatic heterocycles. The Labute approximate surface area is 200 Å². The largest absolute Gasteiger partial charge is 0.494 e. The third kappa shape index (κ3) is 4.42. The number of ether oxygens (including phenoxy) is 1. The molecular formula is C25H20ClN5OS. The molecule has 0 spiro atoms. The number of hydrogen-bond donors (Lipinski definition) is 0. The fourth-order valence-electron chi connectivity index (χ4n) is 3.60. The molecule has 5 rings (SSSR count). The smallest absolute Gasteiger partial charge is 0.196 e. The summed E-state index contributed by atoms with van der Waals surface area (Å²) < 4.78 is 7.66. The SMILES string of the molecule is CCOc1ccc(-n2c(SCc3ccc(Cl)c4cccnc34)nnc2-c2ccncc2)cc1. The molecule has 2 aromatic carbocycles. The van der Waals surface area contributed by atoms with Crippen molar-refractivity contribution in [3.8, 4) is 22.8 Å². The zero-order valence-electron chi connectivity index (χ0n) is 17.9. The second-order valence-corrected chi connectivity index (χ2v) is 8.55. The van der Waals surface area contributed by atoms with Crippen LogP contribution in [0.15, 0.2) is 84.4 Å². The standard InChI is InChI=1S/C25H20ClN5OS/c1-2-32-20-8-6-19(7-9-20)31-24(17-11-14-27-15-12-17)29-30-25(31)33-16-18-5-10-22(26)21-4-3-13-28-23(18)21/h3-15H,2,16H2,1H3. The van der Waals surface area contributed by atoms with E-state index in [0.29, 0.717) is 17.4 Å². The van der Waals surface area contributed by atoms with E-state index in [9.17, 15) is 0 Å². The van der Waals surface area contributed by atoms with Crippen molar-refractivity contribution in [2.24, 2.45) is 0 Å². The molecule has 0 aliphatic rings. The van der Waals surface area contributed by atoms with Gasteiger partial charge in [0, 0.05) is 46.0 Å². The van der Waals surface area contributed by atoms with Crippen LogP contribution in [0.4, 0.5) is 0 Å². The maximum atomic E-state index is 6.37. The van der Waals surface area contributed by atoms with E-state index in [0.717, 1.165) is 44.4 Å². The van der Waals surface area contributed by atoms with Gasteiger partial charge in [0.1, 0.15) is 5.75 Å². The highest BCUT2D eigenvalue weighted by molar-refractivity contribution is 7.98. The first kappa shape index (κ1) is 21.4. The van der Waals surface area contributed by atoms with E-state index in [-0.39, 0.29) is 0 Å². The van der Waals surface area contributed by atoms with E-state index < -0.39 is 0 Å². The topological polar surface area (TPSA) is 65.7 Å². The molecule has 33 heavy (non-hydrogen) atoms. The van der Waals surface area contributed by atoms with Gasteiger partial charge in [0.2, 0.25) is 0 Å². The third-order valence-electron chi connectivity index (χ3n) is 5.13. The van der Waals surface area contributed by atoms with Crippen molar-refractivity contribution in [2.75, 3.05) is 6.61 Å². The second kappa shape index (κ2) is 9.60. The summed E-state index contributed by atoms with van der Waals surface area (Å²) in [4.78, 5) is 8.68. The van der Waals surface area contributed by atoms with E-state index in [1.165, 1.54) is 0 Å². The molecule has 0 amide bonds. The molecule has 164 valence electrons. The third-order valence-corrected chi connectivity index (χ3v) is 6.44. The van der Waals surface area contributed by atoms with Crippen LogP contribution < -0.4 is 4.74 Å². The molecule has 0 aliphatic carbocycles. The first-order valence-corrected chi connectivity index (χ1v) is 11.8. The van der Waals surface area contributed by atoms with Crippen LogP contribution in [-0.4, -0.2) is 31.3 Å². The van der Waals surface area contributed by atoms with Crippen LogP contribution in [-0.2, 0) is 5.75 Å². The maximum Gasteiger partial charge on any atom is 0.196 e. The predicted molar refractivity (Wildman–Crippen MR) is 132 cm³/mol. The van der Waals surface area contributed by atoms with Crippen molar-refractivity contribution in [3.05, 3.63) is 89.8 Å². The van der Waals surface area contributed by atoms with Crippen LogP contribution in [0.2, 0.25) is 5.02 Å². The van der Waals surface area contributed by atoms with E-state index in [2.05, 4.69) is 24.7 Å². The number of nitrogens with zero attached hydrogens (tertiary/aromatic N) is 5. The minimum atomic E-state index is 0.623. The number of pyridine rings is 2. The lowest BCUT2D eigenvalue weighted by atomic mass is 10.1. The first-order valence-electron chi connectivity index (χ1n) is 10.5. The fraction of sp³-hybridized carbons (Fsp3) is 0.120. The van der Waals surface area contributed by atoms with Gasteiger partial charge >= 0.3 is 0 Å². The molecule has 0 bridgehead atoms. The Bertz CT molecular complexity index is 1390. The fourth-order valence-corrected chi connectivity index (χ4v) is 4.75. The van der Waals surface area contributed by atoms with Crippen molar-refractivity contribution >= 4 is 34.3 Å². The van der Waals surface area contributed by atoms with Crippen LogP contribution in [0, 0.1) is 0 Å². The van der Waals surface area contributed by atoms with Crippen molar-refractivity contribution < 1.29 is 4.74 Å². The molecule has 6 nitrogen and oxygen atoms in total. The Kier molecular flexibility index (Phi) is 6.24. The van der Waals surface area contributed by atoms with Gasteiger partial charge in [-0.15, -0.1) is 10.2 Å². The Morgan fingerprint density at radius 2 is 1.76 bits per heavy atom. The summed E-state index contributed by atoms with van der Waals surface area (Å²) in [5, 5.41) is 11.5. The molecular weight excluding hydrogens is 454 g/mol. The molecule has 0 radical (unpaired) electrons. The molecule has 3 aromatic heterocycles. The first-order chi connectivity index (χ1) is 16.2. The van der Waals surface area contributed by atoms with E-state index in [1.807, 2.05) is 67.6 Å². The van der Waals surface area contributed by atoms with Crippen LogP contribution in [0.3, 0.4) is 0 Å². The van der Waals surface area contributed by atoms with Crippen LogP contribution in [0.1, 0.15) is 12.5 Å². The summed E-state index contributed by atoms with van der Waals surface area (Å²) in [6, 6.07) is 19.6. The molecule has 0 saturated heterocycles. The number of halogens is 1. The van der Waals surface area contributed by atoms with Crippen molar-refractivity contribution in [2.45, 2.75) is 17.8 Å². The summed E-state index contributed by atoms with van der Waals surface area (Å²) >= 11 is 7.97. The highest BCUT2D eigenvalue weighted by atomic mass is 35.5. The minimum absolute atomic E-state index is 0.623. The Morgan fingerprint density at radius 3 is 2.55 bits per heavy atom. The average molecular weight is 474 g/mol. The summed E-state index contributed by atoms with van der Waals surface area (Å²) in [7, 11) is 0. The van der Waals surface area contributed by atoms with Gasteiger partial charge in [-0.25, -0.2) is 0 Å². The molecule has 0 atom stereocenters. The molecule has 3 heterocycles. The lowest BCUT2D eigenvalue weighted by molar-refractivity contribution is 0.340. The summed E-state index contributed by atoms with van der Waals surface area (Å²) in [6.07, 6.45) is 5.30. The van der Waals surface area contributed by atoms with Gasteiger partial charge in [0.15, 0.2) is 11.0 Å². The number of aromatic nitrogens is 5. The van der Waals surface area contributed by atoms with Gasteiger partial charge in [0.25, 0.3) is 0 Å². The van der Waals surface area contributed by atoms with Gasteiger partial charge in [-0.05, 0) is 67.1 Å². The van der Waals surface area contributed by atoms with E-state index >= 15 is 0 Å². The van der Waals surface area contributed by atoms with Crippen molar-refractivity contribution in [1.82, 2.24) is 24.7 Å². The molecule has 0 saturated carbocycles. The number of fused-ring (bicyclic) bond motifs is 1. The molecule has 0 unspecified atom stereocenters. The Hall–Kier alpha value is -3.42.